The maximum Gasteiger partial charge on any atom is 0.247 e. The van der Waals surface area contributed by atoms with E-state index in [0.29, 0.717) is 23.6 Å². The number of carbonyl (C=O) groups is 3. The predicted molar refractivity (Wildman–Crippen MR) is 123 cm³/mol. The fourth-order valence-corrected chi connectivity index (χ4v) is 4.09. The van der Waals surface area contributed by atoms with E-state index in [9.17, 15) is 14.4 Å². The van der Waals surface area contributed by atoms with E-state index in [1.54, 1.807) is 11.0 Å². The highest BCUT2D eigenvalue weighted by molar-refractivity contribution is 6.07. The van der Waals surface area contributed by atoms with Crippen LogP contribution in [0.2, 0.25) is 0 Å². The van der Waals surface area contributed by atoms with Crippen molar-refractivity contribution in [3.05, 3.63) is 54.1 Å². The summed E-state index contributed by atoms with van der Waals surface area (Å²) >= 11 is 0. The van der Waals surface area contributed by atoms with Crippen molar-refractivity contribution in [3.8, 4) is 0 Å². The molecule has 2 aromatic carbocycles. The van der Waals surface area contributed by atoms with Crippen molar-refractivity contribution in [2.75, 3.05) is 35.2 Å². The Labute approximate surface area is 187 Å². The third kappa shape index (κ3) is 5.08. The molecular formula is C24H28N4O4. The van der Waals surface area contributed by atoms with Crippen LogP contribution in [0.15, 0.2) is 48.5 Å². The topological polar surface area (TPSA) is 99.8 Å². The van der Waals surface area contributed by atoms with E-state index >= 15 is 0 Å². The predicted octanol–water partition coefficient (Wildman–Crippen LogP) is 2.45. The van der Waals surface area contributed by atoms with Gasteiger partial charge in [-0.3, -0.25) is 14.4 Å². The van der Waals surface area contributed by atoms with Crippen LogP contribution in [0.1, 0.15) is 24.8 Å². The van der Waals surface area contributed by atoms with Gasteiger partial charge in [-0.25, -0.2) is 0 Å². The van der Waals surface area contributed by atoms with Gasteiger partial charge in [0.15, 0.2) is 0 Å². The molecule has 0 aromatic heterocycles. The summed E-state index contributed by atoms with van der Waals surface area (Å²) in [5.41, 5.74) is 2.98. The summed E-state index contributed by atoms with van der Waals surface area (Å²) in [5.74, 6) is -0.812. The first kappa shape index (κ1) is 21.8. The van der Waals surface area contributed by atoms with Crippen LogP contribution < -0.4 is 20.9 Å². The Kier molecular flexibility index (Phi) is 6.70. The average molecular weight is 437 g/mol. The number of para-hydroxylation sites is 3. The summed E-state index contributed by atoms with van der Waals surface area (Å²) in [6.45, 7) is 3.04. The van der Waals surface area contributed by atoms with Gasteiger partial charge in [-0.1, -0.05) is 30.3 Å². The number of hydrogen-bond acceptors (Lipinski definition) is 5. The van der Waals surface area contributed by atoms with Crippen LogP contribution in [0.5, 0.6) is 0 Å². The molecule has 8 nitrogen and oxygen atoms in total. The van der Waals surface area contributed by atoms with E-state index in [0.717, 1.165) is 25.0 Å². The van der Waals surface area contributed by atoms with Gasteiger partial charge in [0.25, 0.3) is 0 Å². The molecule has 0 spiro atoms. The second kappa shape index (κ2) is 9.82. The number of carbonyl (C=O) groups excluding carboxylic acids is 3. The Morgan fingerprint density at radius 1 is 1.12 bits per heavy atom. The zero-order valence-corrected chi connectivity index (χ0v) is 18.1. The van der Waals surface area contributed by atoms with Crippen LogP contribution in [0.25, 0.3) is 0 Å². The molecule has 168 valence electrons. The van der Waals surface area contributed by atoms with Crippen LogP contribution in [-0.2, 0) is 19.1 Å². The number of aryl methyl sites for hydroxylation is 1. The normalized spacial score (nSPS) is 19.8. The lowest BCUT2D eigenvalue weighted by Gasteiger charge is -2.37. The molecule has 4 rings (SSSR count). The van der Waals surface area contributed by atoms with Gasteiger partial charge in [0.2, 0.25) is 17.7 Å². The number of anilines is 3. The summed E-state index contributed by atoms with van der Waals surface area (Å²) in [5, 5.41) is 8.63. The Hall–Kier alpha value is -3.39. The third-order valence-corrected chi connectivity index (χ3v) is 5.81. The van der Waals surface area contributed by atoms with Gasteiger partial charge < -0.3 is 25.6 Å². The van der Waals surface area contributed by atoms with Crippen molar-refractivity contribution in [1.29, 1.82) is 0 Å². The zero-order chi connectivity index (χ0) is 22.5. The molecule has 3 N–H and O–H groups in total. The number of benzene rings is 2. The molecule has 2 aliphatic rings. The number of nitrogens with zero attached hydrogens (tertiary/aromatic N) is 1. The fourth-order valence-electron chi connectivity index (χ4n) is 4.09. The highest BCUT2D eigenvalue weighted by Crippen LogP contribution is 2.32. The lowest BCUT2D eigenvalue weighted by molar-refractivity contribution is -0.123. The summed E-state index contributed by atoms with van der Waals surface area (Å²) < 4.78 is 5.56. The molecule has 1 saturated heterocycles. The van der Waals surface area contributed by atoms with Crippen LogP contribution in [0.3, 0.4) is 0 Å². The van der Waals surface area contributed by atoms with Gasteiger partial charge in [0.1, 0.15) is 6.04 Å². The molecule has 1 fully saturated rings. The lowest BCUT2D eigenvalue weighted by Crippen LogP contribution is -2.53. The number of ether oxygens (including phenoxy) is 1. The number of nitrogens with one attached hydrogen (secondary N) is 3. The summed E-state index contributed by atoms with van der Waals surface area (Å²) in [6, 6.07) is 14.0. The number of rotatable bonds is 7. The third-order valence-electron chi connectivity index (χ3n) is 5.81. The first-order chi connectivity index (χ1) is 15.5. The van der Waals surface area contributed by atoms with Gasteiger partial charge >= 0.3 is 0 Å². The van der Waals surface area contributed by atoms with Gasteiger partial charge in [0, 0.05) is 18.8 Å². The molecule has 2 atom stereocenters. The van der Waals surface area contributed by atoms with E-state index in [1.807, 2.05) is 49.4 Å². The van der Waals surface area contributed by atoms with Crippen LogP contribution in [0, 0.1) is 6.92 Å². The van der Waals surface area contributed by atoms with Gasteiger partial charge in [-0.05, 0) is 43.5 Å². The van der Waals surface area contributed by atoms with Crippen molar-refractivity contribution < 1.29 is 19.1 Å². The fraction of sp³-hybridized carbons (Fsp3) is 0.375. The largest absolute Gasteiger partial charge is 0.376 e. The molecule has 0 bridgehead atoms. The second-order valence-corrected chi connectivity index (χ2v) is 8.16. The molecule has 2 aliphatic heterocycles. The monoisotopic (exact) mass is 436 g/mol. The SMILES string of the molecule is Cc1ccccc1NC(=O)C[C@H]1C(=O)Nc2ccccc2N1CC(=O)NC[C@@H]1CCCO1. The average Bonchev–Trinajstić information content (AvgIpc) is 3.30. The maximum atomic E-state index is 12.9. The molecule has 0 aliphatic carbocycles. The first-order valence-electron chi connectivity index (χ1n) is 10.9. The Balaban J connectivity index is 1.48. The van der Waals surface area contributed by atoms with Crippen LogP contribution in [-0.4, -0.2) is 49.6 Å². The molecular weight excluding hydrogens is 408 g/mol. The maximum absolute atomic E-state index is 12.9. The summed E-state index contributed by atoms with van der Waals surface area (Å²) in [6.07, 6.45) is 1.88. The Bertz CT molecular complexity index is 1000. The van der Waals surface area contributed by atoms with Crippen molar-refractivity contribution in [2.24, 2.45) is 0 Å². The first-order valence-corrected chi connectivity index (χ1v) is 10.9. The molecule has 2 heterocycles. The van der Waals surface area contributed by atoms with Crippen molar-refractivity contribution in [1.82, 2.24) is 5.32 Å². The zero-order valence-electron chi connectivity index (χ0n) is 18.1. The number of fused-ring (bicyclic) bond motifs is 1. The van der Waals surface area contributed by atoms with E-state index in [4.69, 9.17) is 4.74 Å². The molecule has 0 radical (unpaired) electrons. The quantitative estimate of drug-likeness (QED) is 0.619. The van der Waals surface area contributed by atoms with E-state index < -0.39 is 6.04 Å². The van der Waals surface area contributed by atoms with Gasteiger partial charge in [-0.2, -0.15) is 0 Å². The minimum atomic E-state index is -0.803. The van der Waals surface area contributed by atoms with Crippen LogP contribution in [0.4, 0.5) is 17.1 Å². The molecule has 0 unspecified atom stereocenters. The molecule has 3 amide bonds. The Morgan fingerprint density at radius 2 is 1.91 bits per heavy atom. The molecule has 0 saturated carbocycles. The molecule has 2 aromatic rings. The number of hydrogen-bond donors (Lipinski definition) is 3. The highest BCUT2D eigenvalue weighted by Gasteiger charge is 2.35. The molecule has 8 heteroatoms. The lowest BCUT2D eigenvalue weighted by atomic mass is 10.0. The minimum absolute atomic E-state index is 0.0283. The Morgan fingerprint density at radius 3 is 2.69 bits per heavy atom. The summed E-state index contributed by atoms with van der Waals surface area (Å²) in [7, 11) is 0. The van der Waals surface area contributed by atoms with Crippen molar-refractivity contribution >= 4 is 34.8 Å². The van der Waals surface area contributed by atoms with E-state index in [1.165, 1.54) is 0 Å². The standard InChI is InChI=1S/C24H28N4O4/c1-16-7-2-3-9-18(16)26-22(29)13-21-24(31)27-19-10-4-5-11-20(19)28(21)15-23(30)25-14-17-8-6-12-32-17/h2-5,7,9-11,17,21H,6,8,12-15H2,1H3,(H,25,30)(H,26,29)(H,27,31)/t17-,21-/m0/s1. The number of amides is 3. The summed E-state index contributed by atoms with van der Waals surface area (Å²) in [4.78, 5) is 40.1. The van der Waals surface area contributed by atoms with Crippen LogP contribution >= 0.6 is 0 Å². The van der Waals surface area contributed by atoms with E-state index in [-0.39, 0.29) is 36.8 Å². The van der Waals surface area contributed by atoms with Crippen molar-refractivity contribution in [2.45, 2.75) is 38.3 Å². The smallest absolute Gasteiger partial charge is 0.247 e. The van der Waals surface area contributed by atoms with Gasteiger partial charge in [0.05, 0.1) is 30.4 Å². The highest BCUT2D eigenvalue weighted by atomic mass is 16.5. The van der Waals surface area contributed by atoms with E-state index in [2.05, 4.69) is 16.0 Å². The second-order valence-electron chi connectivity index (χ2n) is 8.16. The van der Waals surface area contributed by atoms with Gasteiger partial charge in [-0.15, -0.1) is 0 Å². The molecule has 32 heavy (non-hydrogen) atoms. The minimum Gasteiger partial charge on any atom is -0.376 e. The van der Waals surface area contributed by atoms with Crippen molar-refractivity contribution in [3.63, 3.8) is 0 Å².